The molecule has 1 fully saturated rings. The van der Waals surface area contributed by atoms with Crippen LogP contribution in [0.2, 0.25) is 0 Å². The number of benzene rings is 2. The van der Waals surface area contributed by atoms with Crippen LogP contribution in [-0.2, 0) is 4.79 Å². The van der Waals surface area contributed by atoms with Crippen molar-refractivity contribution in [3.05, 3.63) is 65.0 Å². The number of rotatable bonds is 6. The minimum atomic E-state index is -0.637. The Bertz CT molecular complexity index is 996. The van der Waals surface area contributed by atoms with Crippen LogP contribution in [0.4, 0.5) is 10.1 Å². The second kappa shape index (κ2) is 9.94. The molecule has 0 aromatic heterocycles. The van der Waals surface area contributed by atoms with Crippen molar-refractivity contribution in [3.63, 3.8) is 0 Å². The van der Waals surface area contributed by atoms with Crippen LogP contribution in [0.15, 0.2) is 42.5 Å². The Kier molecular flexibility index (Phi) is 7.28. The molecule has 0 radical (unpaired) electrons. The van der Waals surface area contributed by atoms with Crippen LogP contribution in [0, 0.1) is 18.7 Å². The normalized spacial score (nSPS) is 14.9. The van der Waals surface area contributed by atoms with Crippen molar-refractivity contribution in [1.29, 1.82) is 0 Å². The molecule has 1 atom stereocenters. The van der Waals surface area contributed by atoms with E-state index in [1.807, 2.05) is 37.8 Å². The summed E-state index contributed by atoms with van der Waals surface area (Å²) >= 11 is 0. The van der Waals surface area contributed by atoms with Crippen LogP contribution < -0.4 is 10.2 Å². The van der Waals surface area contributed by atoms with Gasteiger partial charge in [-0.2, -0.15) is 0 Å². The number of hydrogen-bond donors (Lipinski definition) is 1. The smallest absolute Gasteiger partial charge is 0.251 e. The van der Waals surface area contributed by atoms with Crippen molar-refractivity contribution in [2.45, 2.75) is 33.7 Å². The number of Topliss-reactive ketones (excluding diaryl/α,β-unsaturated/α-hetero) is 1. The standard InChI is InChI=1S/C25H30FN3O3/c1-16(2)23(27-24(31)19-7-5-17(3)6-8-19)25(32)29-13-11-28(12-14-29)22-10-9-20(18(4)30)15-21(22)26/h5-10,15-16,23H,11-14H2,1-4H3,(H,27,31). The zero-order valence-corrected chi connectivity index (χ0v) is 19.0. The third kappa shape index (κ3) is 5.33. The highest BCUT2D eigenvalue weighted by atomic mass is 19.1. The van der Waals surface area contributed by atoms with E-state index in [2.05, 4.69) is 5.32 Å². The maximum absolute atomic E-state index is 14.5. The Morgan fingerprint density at radius 3 is 2.06 bits per heavy atom. The molecular weight excluding hydrogens is 409 g/mol. The number of amides is 2. The molecule has 0 aliphatic carbocycles. The molecule has 1 aliphatic heterocycles. The van der Waals surface area contributed by atoms with Gasteiger partial charge in [-0.25, -0.2) is 4.39 Å². The summed E-state index contributed by atoms with van der Waals surface area (Å²) in [6, 6.07) is 11.1. The van der Waals surface area contributed by atoms with Crippen molar-refractivity contribution in [3.8, 4) is 0 Å². The Balaban J connectivity index is 1.64. The summed E-state index contributed by atoms with van der Waals surface area (Å²) in [5.74, 6) is -1.11. The fourth-order valence-corrected chi connectivity index (χ4v) is 3.79. The Hall–Kier alpha value is -3.22. The Labute approximate surface area is 188 Å². The lowest BCUT2D eigenvalue weighted by Crippen LogP contribution is -2.56. The number of hydrogen-bond acceptors (Lipinski definition) is 4. The van der Waals surface area contributed by atoms with E-state index in [9.17, 15) is 18.8 Å². The molecule has 0 spiro atoms. The van der Waals surface area contributed by atoms with Crippen molar-refractivity contribution >= 4 is 23.3 Å². The summed E-state index contributed by atoms with van der Waals surface area (Å²) in [5, 5.41) is 2.88. The second-order valence-corrected chi connectivity index (χ2v) is 8.60. The number of nitrogens with one attached hydrogen (secondary N) is 1. The molecule has 2 amide bonds. The number of aryl methyl sites for hydroxylation is 1. The first-order valence-electron chi connectivity index (χ1n) is 10.9. The van der Waals surface area contributed by atoms with Gasteiger partial charge in [-0.05, 0) is 50.1 Å². The summed E-state index contributed by atoms with van der Waals surface area (Å²) in [4.78, 5) is 40.9. The highest BCUT2D eigenvalue weighted by Gasteiger charge is 2.31. The van der Waals surface area contributed by atoms with E-state index in [-0.39, 0.29) is 23.5 Å². The number of anilines is 1. The molecule has 1 heterocycles. The van der Waals surface area contributed by atoms with Crippen LogP contribution in [0.3, 0.4) is 0 Å². The monoisotopic (exact) mass is 439 g/mol. The molecule has 170 valence electrons. The third-order valence-corrected chi connectivity index (χ3v) is 5.82. The fourth-order valence-electron chi connectivity index (χ4n) is 3.79. The first-order chi connectivity index (χ1) is 15.2. The molecule has 1 N–H and O–H groups in total. The van der Waals surface area contributed by atoms with Crippen molar-refractivity contribution in [1.82, 2.24) is 10.2 Å². The second-order valence-electron chi connectivity index (χ2n) is 8.60. The molecule has 1 unspecified atom stereocenters. The van der Waals surface area contributed by atoms with Gasteiger partial charge in [0.15, 0.2) is 5.78 Å². The van der Waals surface area contributed by atoms with Crippen molar-refractivity contribution < 1.29 is 18.8 Å². The summed E-state index contributed by atoms with van der Waals surface area (Å²) < 4.78 is 14.5. The average molecular weight is 440 g/mol. The van der Waals surface area contributed by atoms with Crippen LogP contribution in [0.5, 0.6) is 0 Å². The van der Waals surface area contributed by atoms with Crippen molar-refractivity contribution in [2.75, 3.05) is 31.1 Å². The van der Waals surface area contributed by atoms with Crippen LogP contribution in [0.25, 0.3) is 0 Å². The number of nitrogens with zero attached hydrogens (tertiary/aromatic N) is 2. The van der Waals surface area contributed by atoms with Gasteiger partial charge in [0, 0.05) is 37.3 Å². The van der Waals surface area contributed by atoms with Gasteiger partial charge in [0.25, 0.3) is 5.91 Å². The van der Waals surface area contributed by atoms with E-state index >= 15 is 0 Å². The minimum absolute atomic E-state index is 0.0773. The lowest BCUT2D eigenvalue weighted by atomic mass is 10.0. The molecule has 32 heavy (non-hydrogen) atoms. The lowest BCUT2D eigenvalue weighted by molar-refractivity contribution is -0.134. The van der Waals surface area contributed by atoms with Gasteiger partial charge in [-0.1, -0.05) is 31.5 Å². The molecule has 3 rings (SSSR count). The number of carbonyl (C=O) groups is 3. The topological polar surface area (TPSA) is 69.7 Å². The SMILES string of the molecule is CC(=O)c1ccc(N2CCN(C(=O)C(NC(=O)c3ccc(C)cc3)C(C)C)CC2)c(F)c1. The minimum Gasteiger partial charge on any atom is -0.366 e. The highest BCUT2D eigenvalue weighted by molar-refractivity contribution is 5.97. The van der Waals surface area contributed by atoms with E-state index in [4.69, 9.17) is 0 Å². The molecule has 1 aliphatic rings. The maximum Gasteiger partial charge on any atom is 0.251 e. The number of carbonyl (C=O) groups excluding carboxylic acids is 3. The Morgan fingerprint density at radius 1 is 0.938 bits per heavy atom. The van der Waals surface area contributed by atoms with Crippen LogP contribution >= 0.6 is 0 Å². The van der Waals surface area contributed by atoms with Gasteiger partial charge >= 0.3 is 0 Å². The first-order valence-corrected chi connectivity index (χ1v) is 10.9. The molecule has 0 bridgehead atoms. The van der Waals surface area contributed by atoms with E-state index in [0.29, 0.717) is 43.0 Å². The zero-order valence-electron chi connectivity index (χ0n) is 19.0. The van der Waals surface area contributed by atoms with Crippen LogP contribution in [-0.4, -0.2) is 54.7 Å². The van der Waals surface area contributed by atoms with Gasteiger partial charge in [-0.15, -0.1) is 0 Å². The molecule has 6 nitrogen and oxygen atoms in total. The molecule has 2 aromatic rings. The quantitative estimate of drug-likeness (QED) is 0.700. The van der Waals surface area contributed by atoms with E-state index in [0.717, 1.165) is 5.56 Å². The third-order valence-electron chi connectivity index (χ3n) is 5.82. The summed E-state index contributed by atoms with van der Waals surface area (Å²) in [6.45, 7) is 8.96. The summed E-state index contributed by atoms with van der Waals surface area (Å²) in [7, 11) is 0. The Morgan fingerprint density at radius 2 is 1.53 bits per heavy atom. The van der Waals surface area contributed by atoms with Gasteiger partial charge in [0.2, 0.25) is 5.91 Å². The molecule has 7 heteroatoms. The first kappa shape index (κ1) is 23.4. The zero-order chi connectivity index (χ0) is 23.4. The summed E-state index contributed by atoms with van der Waals surface area (Å²) in [6.07, 6.45) is 0. The van der Waals surface area contributed by atoms with Crippen LogP contribution in [0.1, 0.15) is 47.1 Å². The van der Waals surface area contributed by atoms with Crippen molar-refractivity contribution in [2.24, 2.45) is 5.92 Å². The van der Waals surface area contributed by atoms with E-state index < -0.39 is 11.9 Å². The molecule has 1 saturated heterocycles. The van der Waals surface area contributed by atoms with Gasteiger partial charge in [0.05, 0.1) is 5.69 Å². The number of halogens is 1. The largest absolute Gasteiger partial charge is 0.366 e. The molecule has 0 saturated carbocycles. The summed E-state index contributed by atoms with van der Waals surface area (Å²) in [5.41, 5.74) is 2.34. The van der Waals surface area contributed by atoms with E-state index in [1.54, 1.807) is 29.2 Å². The predicted octanol–water partition coefficient (Wildman–Crippen LogP) is 3.44. The highest BCUT2D eigenvalue weighted by Crippen LogP contribution is 2.23. The fraction of sp³-hybridized carbons (Fsp3) is 0.400. The lowest BCUT2D eigenvalue weighted by Gasteiger charge is -2.38. The van der Waals surface area contributed by atoms with E-state index in [1.165, 1.54) is 13.0 Å². The number of ketones is 1. The predicted molar refractivity (Wildman–Crippen MR) is 122 cm³/mol. The van der Waals surface area contributed by atoms with Gasteiger partial charge < -0.3 is 15.1 Å². The molecular formula is C25H30FN3O3. The van der Waals surface area contributed by atoms with Gasteiger partial charge in [-0.3, -0.25) is 14.4 Å². The van der Waals surface area contributed by atoms with Gasteiger partial charge in [0.1, 0.15) is 11.9 Å². The molecule has 2 aromatic carbocycles. The number of piperazine rings is 1. The maximum atomic E-state index is 14.5. The average Bonchev–Trinajstić information content (AvgIpc) is 2.77.